The first kappa shape index (κ1) is 21.2. The van der Waals surface area contributed by atoms with Crippen molar-refractivity contribution < 1.29 is 23.9 Å². The van der Waals surface area contributed by atoms with E-state index in [0.29, 0.717) is 19.3 Å². The Kier molecular flexibility index (Phi) is 5.35. The lowest BCUT2D eigenvalue weighted by atomic mass is 9.39. The third-order valence-electron chi connectivity index (χ3n) is 8.55. The number of carbonyl (C=O) groups excluding carboxylic acids is 4. The molecule has 3 rings (SSSR count). The molecule has 0 aromatic heterocycles. The molecule has 0 amide bonds. The fourth-order valence-electron chi connectivity index (χ4n) is 7.09. The van der Waals surface area contributed by atoms with Crippen molar-refractivity contribution in [3.8, 4) is 0 Å². The largest absolute Gasteiger partial charge is 0.469 e. The SMILES string of the molecule is COC(=O)[C@]1(C)CCC[C@@]2(C)[C@H]1CC[C@@]1(C=O)C(=O)C[C@H](C(=O)C(C)C)C[C@H]21. The van der Waals surface area contributed by atoms with Crippen molar-refractivity contribution in [2.75, 3.05) is 7.11 Å². The quantitative estimate of drug-likeness (QED) is 0.415. The summed E-state index contributed by atoms with van der Waals surface area (Å²) in [6, 6.07) is 0. The highest BCUT2D eigenvalue weighted by atomic mass is 16.5. The van der Waals surface area contributed by atoms with E-state index in [4.69, 9.17) is 4.74 Å². The summed E-state index contributed by atoms with van der Waals surface area (Å²) in [6.07, 6.45) is 5.29. The van der Waals surface area contributed by atoms with Crippen LogP contribution in [0, 0.1) is 39.9 Å². The van der Waals surface area contributed by atoms with Gasteiger partial charge in [0.1, 0.15) is 17.9 Å². The molecule has 0 aromatic carbocycles. The number of esters is 1. The maximum atomic E-state index is 13.2. The van der Waals surface area contributed by atoms with E-state index < -0.39 is 10.8 Å². The molecule has 6 atom stereocenters. The van der Waals surface area contributed by atoms with Gasteiger partial charge in [-0.2, -0.15) is 0 Å². The molecule has 156 valence electrons. The molecule has 0 unspecified atom stereocenters. The highest BCUT2D eigenvalue weighted by molar-refractivity contribution is 6.02. The van der Waals surface area contributed by atoms with Crippen LogP contribution in [0.2, 0.25) is 0 Å². The van der Waals surface area contributed by atoms with Crippen LogP contribution in [0.3, 0.4) is 0 Å². The summed E-state index contributed by atoms with van der Waals surface area (Å²) < 4.78 is 5.16. The van der Waals surface area contributed by atoms with Crippen LogP contribution in [0.25, 0.3) is 0 Å². The van der Waals surface area contributed by atoms with Crippen LogP contribution in [0.4, 0.5) is 0 Å². The Morgan fingerprint density at radius 1 is 1.14 bits per heavy atom. The number of methoxy groups -OCH3 is 1. The van der Waals surface area contributed by atoms with Crippen LogP contribution in [0.15, 0.2) is 0 Å². The predicted octanol–water partition coefficient (Wildman–Crippen LogP) is 3.77. The summed E-state index contributed by atoms with van der Waals surface area (Å²) in [5.74, 6) is -0.714. The van der Waals surface area contributed by atoms with Gasteiger partial charge in [-0.05, 0) is 56.3 Å². The number of carbonyl (C=O) groups is 4. The minimum Gasteiger partial charge on any atom is -0.469 e. The Hall–Kier alpha value is -1.52. The molecular formula is C23H34O5. The normalized spacial score (nSPS) is 43.1. The molecule has 0 radical (unpaired) electrons. The van der Waals surface area contributed by atoms with Gasteiger partial charge in [0, 0.05) is 18.3 Å². The summed E-state index contributed by atoms with van der Waals surface area (Å²) in [4.78, 5) is 51.0. The van der Waals surface area contributed by atoms with Crippen LogP contribution < -0.4 is 0 Å². The Morgan fingerprint density at radius 3 is 2.39 bits per heavy atom. The zero-order chi connectivity index (χ0) is 20.9. The lowest BCUT2D eigenvalue weighted by molar-refractivity contribution is -0.189. The summed E-state index contributed by atoms with van der Waals surface area (Å²) in [6.45, 7) is 7.87. The van der Waals surface area contributed by atoms with Gasteiger partial charge < -0.3 is 9.53 Å². The first-order valence-electron chi connectivity index (χ1n) is 10.7. The predicted molar refractivity (Wildman–Crippen MR) is 104 cm³/mol. The van der Waals surface area contributed by atoms with Crippen LogP contribution in [-0.4, -0.2) is 30.9 Å². The lowest BCUT2D eigenvalue weighted by Crippen LogP contribution is -2.62. The zero-order valence-corrected chi connectivity index (χ0v) is 17.9. The van der Waals surface area contributed by atoms with E-state index in [-0.39, 0.29) is 53.0 Å². The van der Waals surface area contributed by atoms with Gasteiger partial charge in [0.15, 0.2) is 0 Å². The van der Waals surface area contributed by atoms with Gasteiger partial charge in [-0.3, -0.25) is 14.4 Å². The van der Waals surface area contributed by atoms with Crippen LogP contribution in [0.1, 0.15) is 72.6 Å². The van der Waals surface area contributed by atoms with Crippen LogP contribution in [-0.2, 0) is 23.9 Å². The summed E-state index contributed by atoms with van der Waals surface area (Å²) in [5.41, 5.74) is -1.92. The third kappa shape index (κ3) is 2.80. The van der Waals surface area contributed by atoms with Crippen molar-refractivity contribution in [3.63, 3.8) is 0 Å². The number of hydrogen-bond donors (Lipinski definition) is 0. The molecule has 0 heterocycles. The molecule has 0 spiro atoms. The van der Waals surface area contributed by atoms with Gasteiger partial charge in [0.2, 0.25) is 0 Å². The number of Topliss-reactive ketones (excluding diaryl/α,β-unsaturated/α-hetero) is 2. The lowest BCUT2D eigenvalue weighted by Gasteiger charge is -2.62. The summed E-state index contributed by atoms with van der Waals surface area (Å²) in [7, 11) is 1.43. The maximum absolute atomic E-state index is 13.2. The molecule has 0 aliphatic heterocycles. The molecule has 3 saturated carbocycles. The minimum absolute atomic E-state index is 0.0555. The molecule has 3 aliphatic carbocycles. The molecule has 3 fully saturated rings. The molecule has 5 nitrogen and oxygen atoms in total. The monoisotopic (exact) mass is 390 g/mol. The third-order valence-corrected chi connectivity index (χ3v) is 8.55. The highest BCUT2D eigenvalue weighted by Crippen LogP contribution is 2.67. The number of ether oxygens (including phenoxy) is 1. The fourth-order valence-corrected chi connectivity index (χ4v) is 7.09. The fraction of sp³-hybridized carbons (Fsp3) is 0.826. The molecule has 0 aromatic rings. The van der Waals surface area contributed by atoms with Gasteiger partial charge >= 0.3 is 5.97 Å². The van der Waals surface area contributed by atoms with E-state index in [1.165, 1.54) is 7.11 Å². The smallest absolute Gasteiger partial charge is 0.311 e. The van der Waals surface area contributed by atoms with Crippen molar-refractivity contribution in [2.24, 2.45) is 39.9 Å². The van der Waals surface area contributed by atoms with E-state index >= 15 is 0 Å². The topological polar surface area (TPSA) is 77.5 Å². The Morgan fingerprint density at radius 2 is 1.82 bits per heavy atom. The van der Waals surface area contributed by atoms with E-state index in [1.54, 1.807) is 0 Å². The first-order valence-corrected chi connectivity index (χ1v) is 10.7. The number of ketones is 2. The molecule has 5 heteroatoms. The van der Waals surface area contributed by atoms with Crippen LogP contribution in [0.5, 0.6) is 0 Å². The standard InChI is InChI=1S/C23H34O5/c1-14(2)19(26)15-11-17-21(3)8-6-9-22(4,20(27)28-5)16(21)7-10-23(17,13-24)18(25)12-15/h13-17H,6-12H2,1-5H3/t15-,16-,17-,21+,22-,23+/m1/s1. The molecule has 28 heavy (non-hydrogen) atoms. The molecule has 0 bridgehead atoms. The second-order valence-electron chi connectivity index (χ2n) is 10.2. The van der Waals surface area contributed by atoms with Crippen molar-refractivity contribution in [3.05, 3.63) is 0 Å². The van der Waals surface area contributed by atoms with Gasteiger partial charge in [-0.1, -0.05) is 27.2 Å². The van der Waals surface area contributed by atoms with Crippen molar-refractivity contribution in [1.29, 1.82) is 0 Å². The van der Waals surface area contributed by atoms with Gasteiger partial charge in [0.25, 0.3) is 0 Å². The first-order chi connectivity index (χ1) is 13.1. The van der Waals surface area contributed by atoms with Gasteiger partial charge in [0.05, 0.1) is 17.9 Å². The Labute approximate surface area is 168 Å². The number of aldehydes is 1. The number of rotatable bonds is 4. The summed E-state index contributed by atoms with van der Waals surface area (Å²) in [5, 5.41) is 0. The Balaban J connectivity index is 2.06. The number of hydrogen-bond acceptors (Lipinski definition) is 5. The second kappa shape index (κ2) is 7.07. The molecule has 0 saturated heterocycles. The van der Waals surface area contributed by atoms with Crippen molar-refractivity contribution >= 4 is 23.8 Å². The molecule has 0 N–H and O–H groups in total. The Bertz CT molecular complexity index is 697. The van der Waals surface area contributed by atoms with E-state index in [1.807, 2.05) is 20.8 Å². The molecular weight excluding hydrogens is 356 g/mol. The van der Waals surface area contributed by atoms with E-state index in [2.05, 4.69) is 6.92 Å². The average Bonchev–Trinajstić information content (AvgIpc) is 2.66. The number of fused-ring (bicyclic) bond motifs is 3. The van der Waals surface area contributed by atoms with E-state index in [9.17, 15) is 19.2 Å². The van der Waals surface area contributed by atoms with E-state index in [0.717, 1.165) is 25.5 Å². The maximum Gasteiger partial charge on any atom is 0.311 e. The molecule has 3 aliphatic rings. The zero-order valence-electron chi connectivity index (χ0n) is 17.9. The minimum atomic E-state index is -0.993. The summed E-state index contributed by atoms with van der Waals surface area (Å²) >= 11 is 0. The van der Waals surface area contributed by atoms with Crippen molar-refractivity contribution in [1.82, 2.24) is 0 Å². The van der Waals surface area contributed by atoms with Crippen molar-refractivity contribution in [2.45, 2.75) is 72.6 Å². The highest BCUT2D eigenvalue weighted by Gasteiger charge is 2.66. The average molecular weight is 391 g/mol. The van der Waals surface area contributed by atoms with Crippen LogP contribution >= 0.6 is 0 Å². The van der Waals surface area contributed by atoms with Gasteiger partial charge in [-0.25, -0.2) is 0 Å². The van der Waals surface area contributed by atoms with Gasteiger partial charge in [-0.15, -0.1) is 0 Å². The second-order valence-corrected chi connectivity index (χ2v) is 10.2.